The van der Waals surface area contributed by atoms with Crippen LogP contribution >= 0.6 is 0 Å². The van der Waals surface area contributed by atoms with Gasteiger partial charge in [0.05, 0.1) is 0 Å². The summed E-state index contributed by atoms with van der Waals surface area (Å²) in [5.74, 6) is 2.77. The molecule has 0 saturated carbocycles. The second-order valence-electron chi connectivity index (χ2n) is 5.16. The summed E-state index contributed by atoms with van der Waals surface area (Å²) in [6.45, 7) is 8.56. The largest absolute Gasteiger partial charge is 0.313 e. The maximum Gasteiger partial charge on any atom is 0.0139 e. The third kappa shape index (κ3) is 1.70. The Labute approximate surface area is 88.1 Å². The van der Waals surface area contributed by atoms with Crippen LogP contribution in [0, 0.1) is 17.8 Å². The first-order chi connectivity index (χ1) is 6.76. The van der Waals surface area contributed by atoms with Crippen LogP contribution in [-0.4, -0.2) is 37.6 Å². The van der Waals surface area contributed by atoms with Gasteiger partial charge in [0.15, 0.2) is 0 Å². The van der Waals surface area contributed by atoms with Crippen LogP contribution in [0.1, 0.15) is 26.7 Å². The van der Waals surface area contributed by atoms with E-state index in [0.717, 1.165) is 23.8 Å². The molecule has 2 heterocycles. The number of likely N-dealkylation sites (tertiary alicyclic amines) is 1. The first kappa shape index (κ1) is 10.4. The van der Waals surface area contributed by atoms with Crippen LogP contribution < -0.4 is 5.32 Å². The zero-order valence-corrected chi connectivity index (χ0v) is 9.79. The van der Waals surface area contributed by atoms with Crippen molar-refractivity contribution in [3.63, 3.8) is 0 Å². The maximum atomic E-state index is 3.75. The van der Waals surface area contributed by atoms with Gasteiger partial charge >= 0.3 is 0 Å². The molecule has 0 aromatic heterocycles. The average Bonchev–Trinajstić information content (AvgIpc) is 2.68. The summed E-state index contributed by atoms with van der Waals surface area (Å²) in [6, 6.07) is 0.806. The van der Waals surface area contributed by atoms with Crippen LogP contribution in [0.15, 0.2) is 0 Å². The molecular weight excluding hydrogens is 172 g/mol. The second-order valence-corrected chi connectivity index (χ2v) is 5.16. The SMILES string of the molecule is CCC(CC)[C@@H]1NC[C@H]2CN(C)C[C@@H]21. The average molecular weight is 196 g/mol. The Morgan fingerprint density at radius 1 is 1.29 bits per heavy atom. The first-order valence-electron chi connectivity index (χ1n) is 6.18. The summed E-state index contributed by atoms with van der Waals surface area (Å²) in [4.78, 5) is 2.51. The van der Waals surface area contributed by atoms with E-state index < -0.39 is 0 Å². The summed E-state index contributed by atoms with van der Waals surface area (Å²) in [6.07, 6.45) is 2.67. The van der Waals surface area contributed by atoms with E-state index in [2.05, 4.69) is 31.1 Å². The monoisotopic (exact) mass is 196 g/mol. The Balaban J connectivity index is 2.00. The van der Waals surface area contributed by atoms with Gasteiger partial charge in [-0.15, -0.1) is 0 Å². The fourth-order valence-corrected chi connectivity index (χ4v) is 3.49. The Hall–Kier alpha value is -0.0800. The van der Waals surface area contributed by atoms with E-state index in [9.17, 15) is 0 Å². The highest BCUT2D eigenvalue weighted by atomic mass is 15.2. The van der Waals surface area contributed by atoms with Gasteiger partial charge in [-0.3, -0.25) is 0 Å². The van der Waals surface area contributed by atoms with E-state index in [0.29, 0.717) is 0 Å². The molecule has 0 aliphatic carbocycles. The van der Waals surface area contributed by atoms with Crippen LogP contribution in [-0.2, 0) is 0 Å². The minimum atomic E-state index is 0.806. The first-order valence-corrected chi connectivity index (χ1v) is 6.18. The van der Waals surface area contributed by atoms with Gasteiger partial charge in [0.2, 0.25) is 0 Å². The van der Waals surface area contributed by atoms with Crippen molar-refractivity contribution in [2.45, 2.75) is 32.7 Å². The van der Waals surface area contributed by atoms with Crippen LogP contribution in [0.25, 0.3) is 0 Å². The Morgan fingerprint density at radius 3 is 2.64 bits per heavy atom. The molecule has 3 atom stereocenters. The minimum absolute atomic E-state index is 0.806. The third-order valence-electron chi connectivity index (χ3n) is 4.31. The van der Waals surface area contributed by atoms with E-state index in [1.54, 1.807) is 0 Å². The molecule has 0 amide bonds. The second kappa shape index (κ2) is 4.19. The number of rotatable bonds is 3. The molecule has 82 valence electrons. The lowest BCUT2D eigenvalue weighted by Gasteiger charge is -2.26. The molecule has 0 bridgehead atoms. The Kier molecular flexibility index (Phi) is 3.13. The Morgan fingerprint density at radius 2 is 2.00 bits per heavy atom. The van der Waals surface area contributed by atoms with Gasteiger partial charge in [-0.05, 0) is 31.3 Å². The van der Waals surface area contributed by atoms with Gasteiger partial charge < -0.3 is 10.2 Å². The lowest BCUT2D eigenvalue weighted by Crippen LogP contribution is -2.37. The molecule has 2 aliphatic heterocycles. The zero-order chi connectivity index (χ0) is 10.1. The van der Waals surface area contributed by atoms with Gasteiger partial charge in [-0.1, -0.05) is 26.7 Å². The molecule has 1 N–H and O–H groups in total. The number of nitrogens with one attached hydrogen (secondary N) is 1. The third-order valence-corrected chi connectivity index (χ3v) is 4.31. The van der Waals surface area contributed by atoms with Crippen LogP contribution in [0.4, 0.5) is 0 Å². The van der Waals surface area contributed by atoms with Crippen molar-refractivity contribution in [1.29, 1.82) is 0 Å². The predicted octanol–water partition coefficient (Wildman–Crippen LogP) is 1.57. The van der Waals surface area contributed by atoms with Crippen molar-refractivity contribution in [3.05, 3.63) is 0 Å². The van der Waals surface area contributed by atoms with Crippen molar-refractivity contribution in [3.8, 4) is 0 Å². The summed E-state index contributed by atoms with van der Waals surface area (Å²) < 4.78 is 0. The van der Waals surface area contributed by atoms with Crippen molar-refractivity contribution >= 4 is 0 Å². The molecule has 14 heavy (non-hydrogen) atoms. The van der Waals surface area contributed by atoms with E-state index in [1.165, 1.54) is 32.5 Å². The molecular formula is C12H24N2. The predicted molar refractivity (Wildman–Crippen MR) is 60.3 cm³/mol. The normalized spacial score (nSPS) is 38.1. The van der Waals surface area contributed by atoms with Crippen molar-refractivity contribution < 1.29 is 0 Å². The molecule has 2 nitrogen and oxygen atoms in total. The van der Waals surface area contributed by atoms with E-state index in [1.807, 2.05) is 0 Å². The fourth-order valence-electron chi connectivity index (χ4n) is 3.49. The summed E-state index contributed by atoms with van der Waals surface area (Å²) in [5.41, 5.74) is 0. The quantitative estimate of drug-likeness (QED) is 0.737. The maximum absolute atomic E-state index is 3.75. The van der Waals surface area contributed by atoms with Gasteiger partial charge in [-0.2, -0.15) is 0 Å². The lowest BCUT2D eigenvalue weighted by atomic mass is 9.83. The number of hydrogen-bond donors (Lipinski definition) is 1. The molecule has 0 radical (unpaired) electrons. The molecule has 2 fully saturated rings. The topological polar surface area (TPSA) is 15.3 Å². The molecule has 2 saturated heterocycles. The van der Waals surface area contributed by atoms with Crippen molar-refractivity contribution in [1.82, 2.24) is 10.2 Å². The van der Waals surface area contributed by atoms with Gasteiger partial charge in [0.25, 0.3) is 0 Å². The molecule has 2 heteroatoms. The zero-order valence-electron chi connectivity index (χ0n) is 9.79. The van der Waals surface area contributed by atoms with Crippen LogP contribution in [0.2, 0.25) is 0 Å². The minimum Gasteiger partial charge on any atom is -0.313 e. The van der Waals surface area contributed by atoms with Crippen LogP contribution in [0.3, 0.4) is 0 Å². The molecule has 2 aliphatic rings. The molecule has 2 rings (SSSR count). The van der Waals surface area contributed by atoms with Crippen LogP contribution in [0.5, 0.6) is 0 Å². The number of hydrogen-bond acceptors (Lipinski definition) is 2. The summed E-state index contributed by atoms with van der Waals surface area (Å²) in [5, 5.41) is 3.75. The fraction of sp³-hybridized carbons (Fsp3) is 1.00. The van der Waals surface area contributed by atoms with E-state index in [4.69, 9.17) is 0 Å². The Bertz CT molecular complexity index is 189. The van der Waals surface area contributed by atoms with Crippen molar-refractivity contribution in [2.24, 2.45) is 17.8 Å². The standard InChI is InChI=1S/C12H24N2/c1-4-9(5-2)12-11-8-14(3)7-10(11)6-13-12/h9-13H,4-8H2,1-3H3/t10-,11-,12-/m0/s1. The van der Waals surface area contributed by atoms with Gasteiger partial charge in [-0.25, -0.2) is 0 Å². The smallest absolute Gasteiger partial charge is 0.0139 e. The molecule has 0 aromatic carbocycles. The highest BCUT2D eigenvalue weighted by Gasteiger charge is 2.43. The number of nitrogens with zero attached hydrogens (tertiary/aromatic N) is 1. The van der Waals surface area contributed by atoms with Crippen molar-refractivity contribution in [2.75, 3.05) is 26.7 Å². The number of fused-ring (bicyclic) bond motifs is 1. The van der Waals surface area contributed by atoms with Gasteiger partial charge in [0.1, 0.15) is 0 Å². The highest BCUT2D eigenvalue weighted by molar-refractivity contribution is 4.99. The molecule has 0 unspecified atom stereocenters. The van der Waals surface area contributed by atoms with Gasteiger partial charge in [0, 0.05) is 19.1 Å². The van der Waals surface area contributed by atoms with E-state index >= 15 is 0 Å². The van der Waals surface area contributed by atoms with E-state index in [-0.39, 0.29) is 0 Å². The highest BCUT2D eigenvalue weighted by Crippen LogP contribution is 2.35. The summed E-state index contributed by atoms with van der Waals surface area (Å²) in [7, 11) is 2.27. The molecule has 0 spiro atoms. The summed E-state index contributed by atoms with van der Waals surface area (Å²) >= 11 is 0. The molecule has 0 aromatic rings. The lowest BCUT2D eigenvalue weighted by molar-refractivity contribution is 0.278.